The molecule has 0 amide bonds. The summed E-state index contributed by atoms with van der Waals surface area (Å²) < 4.78 is 6.55. The molecule has 21 heavy (non-hydrogen) atoms. The lowest BCUT2D eigenvalue weighted by Crippen LogP contribution is -2.35. The van der Waals surface area contributed by atoms with Crippen molar-refractivity contribution in [1.29, 1.82) is 0 Å². The summed E-state index contributed by atoms with van der Waals surface area (Å²) in [6.45, 7) is 3.53. The Balaban J connectivity index is 2.14. The molecule has 0 unspecified atom stereocenters. The molecule has 1 aliphatic carbocycles. The van der Waals surface area contributed by atoms with Crippen LogP contribution in [0.5, 0.6) is 5.75 Å². The van der Waals surface area contributed by atoms with Crippen molar-refractivity contribution >= 4 is 33.2 Å². The first-order valence-corrected chi connectivity index (χ1v) is 8.74. The van der Waals surface area contributed by atoms with Crippen LogP contribution < -0.4 is 10.1 Å². The number of hydrogen-bond acceptors (Lipinski definition) is 3. The van der Waals surface area contributed by atoms with Crippen LogP contribution in [-0.2, 0) is 0 Å². The number of aliphatic hydroxyl groups excluding tert-OH is 1. The van der Waals surface area contributed by atoms with Gasteiger partial charge in [-0.25, -0.2) is 0 Å². The summed E-state index contributed by atoms with van der Waals surface area (Å²) in [4.78, 5) is 0. The van der Waals surface area contributed by atoms with Crippen LogP contribution >= 0.6 is 27.5 Å². The lowest BCUT2D eigenvalue weighted by molar-refractivity contribution is 0.0943. The highest BCUT2D eigenvalue weighted by molar-refractivity contribution is 9.10. The molecule has 0 radical (unpaired) electrons. The summed E-state index contributed by atoms with van der Waals surface area (Å²) in [5.41, 5.74) is 0.867. The molecule has 1 aromatic rings. The molecule has 3 nitrogen and oxygen atoms in total. The van der Waals surface area contributed by atoms with E-state index in [0.29, 0.717) is 11.6 Å². The molecule has 2 N–H and O–H groups in total. The fraction of sp³-hybridized carbons (Fsp3) is 0.625. The van der Waals surface area contributed by atoms with E-state index >= 15 is 0 Å². The standard InChI is InChI=1S/C16H23BrClNO2/c1-2-21-15-13(17)8-12(18)9-14(15)19-10-16(11-20)6-4-3-5-7-16/h8-9,19-20H,2-7,10-11H2,1H3. The van der Waals surface area contributed by atoms with Crippen LogP contribution in [0, 0.1) is 5.41 Å². The fourth-order valence-electron chi connectivity index (χ4n) is 2.96. The smallest absolute Gasteiger partial charge is 0.156 e. The second kappa shape index (κ2) is 7.70. The average Bonchev–Trinajstić information content (AvgIpc) is 2.49. The van der Waals surface area contributed by atoms with Gasteiger partial charge in [0.1, 0.15) is 0 Å². The molecule has 1 fully saturated rings. The monoisotopic (exact) mass is 375 g/mol. The van der Waals surface area contributed by atoms with Crippen molar-refractivity contribution in [2.75, 3.05) is 25.1 Å². The Bertz CT molecular complexity index is 476. The predicted octanol–water partition coefficient (Wildman–Crippen LogP) is 4.86. The van der Waals surface area contributed by atoms with Crippen molar-refractivity contribution in [1.82, 2.24) is 0 Å². The predicted molar refractivity (Wildman–Crippen MR) is 91.4 cm³/mol. The van der Waals surface area contributed by atoms with E-state index in [-0.39, 0.29) is 12.0 Å². The Morgan fingerprint density at radius 3 is 2.67 bits per heavy atom. The third kappa shape index (κ3) is 4.27. The van der Waals surface area contributed by atoms with Crippen LogP contribution in [0.2, 0.25) is 5.02 Å². The maximum absolute atomic E-state index is 9.79. The van der Waals surface area contributed by atoms with Gasteiger partial charge in [-0.1, -0.05) is 30.9 Å². The number of benzene rings is 1. The van der Waals surface area contributed by atoms with Gasteiger partial charge in [-0.3, -0.25) is 0 Å². The Hall–Kier alpha value is -0.450. The van der Waals surface area contributed by atoms with Crippen LogP contribution in [0.4, 0.5) is 5.69 Å². The van der Waals surface area contributed by atoms with Crippen molar-refractivity contribution in [3.8, 4) is 5.75 Å². The lowest BCUT2D eigenvalue weighted by atomic mass is 9.74. The van der Waals surface area contributed by atoms with Gasteiger partial charge >= 0.3 is 0 Å². The van der Waals surface area contributed by atoms with Crippen molar-refractivity contribution in [3.63, 3.8) is 0 Å². The van der Waals surface area contributed by atoms with Gasteiger partial charge in [0.25, 0.3) is 0 Å². The molecule has 0 aliphatic heterocycles. The largest absolute Gasteiger partial charge is 0.491 e. The summed E-state index contributed by atoms with van der Waals surface area (Å²) in [5.74, 6) is 0.783. The number of halogens is 2. The van der Waals surface area contributed by atoms with E-state index in [2.05, 4.69) is 21.2 Å². The highest BCUT2D eigenvalue weighted by Crippen LogP contribution is 2.40. The van der Waals surface area contributed by atoms with E-state index in [1.165, 1.54) is 19.3 Å². The van der Waals surface area contributed by atoms with Gasteiger partial charge in [0.05, 0.1) is 23.4 Å². The van der Waals surface area contributed by atoms with Gasteiger partial charge in [-0.05, 0) is 47.8 Å². The fourth-order valence-corrected chi connectivity index (χ4v) is 3.88. The molecule has 1 aliphatic rings. The van der Waals surface area contributed by atoms with Crippen LogP contribution in [0.25, 0.3) is 0 Å². The third-order valence-corrected chi connectivity index (χ3v) is 5.01. The zero-order valence-electron chi connectivity index (χ0n) is 12.4. The van der Waals surface area contributed by atoms with E-state index in [0.717, 1.165) is 35.3 Å². The van der Waals surface area contributed by atoms with Crippen molar-refractivity contribution in [2.45, 2.75) is 39.0 Å². The van der Waals surface area contributed by atoms with E-state index in [9.17, 15) is 5.11 Å². The van der Waals surface area contributed by atoms with Crippen molar-refractivity contribution in [3.05, 3.63) is 21.6 Å². The van der Waals surface area contributed by atoms with Gasteiger partial charge in [0.15, 0.2) is 5.75 Å². The first-order valence-electron chi connectivity index (χ1n) is 7.57. The molecule has 2 rings (SSSR count). The summed E-state index contributed by atoms with van der Waals surface area (Å²) in [7, 11) is 0. The number of nitrogens with one attached hydrogen (secondary N) is 1. The molecule has 0 saturated heterocycles. The molecule has 0 atom stereocenters. The van der Waals surface area contributed by atoms with E-state index < -0.39 is 0 Å². The van der Waals surface area contributed by atoms with Gasteiger partial charge in [0.2, 0.25) is 0 Å². The summed E-state index contributed by atoms with van der Waals surface area (Å²) in [6, 6.07) is 3.71. The van der Waals surface area contributed by atoms with Crippen LogP contribution in [-0.4, -0.2) is 24.9 Å². The summed E-state index contributed by atoms with van der Waals surface area (Å²) in [6.07, 6.45) is 5.80. The van der Waals surface area contributed by atoms with Crippen LogP contribution in [0.15, 0.2) is 16.6 Å². The normalized spacial score (nSPS) is 17.5. The first-order chi connectivity index (χ1) is 10.1. The van der Waals surface area contributed by atoms with Crippen LogP contribution in [0.1, 0.15) is 39.0 Å². The molecular weight excluding hydrogens is 354 g/mol. The maximum Gasteiger partial charge on any atom is 0.156 e. The van der Waals surface area contributed by atoms with E-state index in [1.54, 1.807) is 0 Å². The Kier molecular flexibility index (Phi) is 6.20. The highest BCUT2D eigenvalue weighted by Gasteiger charge is 2.31. The van der Waals surface area contributed by atoms with E-state index in [1.807, 2.05) is 19.1 Å². The molecule has 5 heteroatoms. The Morgan fingerprint density at radius 1 is 1.33 bits per heavy atom. The molecular formula is C16H23BrClNO2. The number of anilines is 1. The zero-order valence-corrected chi connectivity index (χ0v) is 14.8. The second-order valence-electron chi connectivity index (χ2n) is 5.77. The maximum atomic E-state index is 9.79. The topological polar surface area (TPSA) is 41.5 Å². The zero-order chi connectivity index (χ0) is 15.3. The molecule has 1 aromatic carbocycles. The molecule has 0 aromatic heterocycles. The van der Waals surface area contributed by atoms with Gasteiger partial charge in [0, 0.05) is 17.0 Å². The minimum atomic E-state index is -0.0173. The van der Waals surface area contributed by atoms with Crippen molar-refractivity contribution < 1.29 is 9.84 Å². The number of ether oxygens (including phenoxy) is 1. The molecule has 0 spiro atoms. The Morgan fingerprint density at radius 2 is 2.05 bits per heavy atom. The third-order valence-electron chi connectivity index (χ3n) is 4.20. The molecule has 0 heterocycles. The SMILES string of the molecule is CCOc1c(Br)cc(Cl)cc1NCC1(CO)CCCCC1. The lowest BCUT2D eigenvalue weighted by Gasteiger charge is -2.36. The molecule has 118 valence electrons. The van der Waals surface area contributed by atoms with E-state index in [4.69, 9.17) is 16.3 Å². The Labute approximate surface area is 140 Å². The number of rotatable bonds is 6. The minimum Gasteiger partial charge on any atom is -0.491 e. The van der Waals surface area contributed by atoms with Crippen molar-refractivity contribution in [2.24, 2.45) is 5.41 Å². The summed E-state index contributed by atoms with van der Waals surface area (Å²) >= 11 is 9.63. The van der Waals surface area contributed by atoms with Gasteiger partial charge < -0.3 is 15.2 Å². The quantitative estimate of drug-likeness (QED) is 0.745. The molecule has 0 bridgehead atoms. The van der Waals surface area contributed by atoms with Crippen LogP contribution in [0.3, 0.4) is 0 Å². The second-order valence-corrected chi connectivity index (χ2v) is 7.06. The first kappa shape index (κ1) is 16.9. The average molecular weight is 377 g/mol. The minimum absolute atomic E-state index is 0.0173. The van der Waals surface area contributed by atoms with Gasteiger partial charge in [-0.2, -0.15) is 0 Å². The molecule has 1 saturated carbocycles. The number of hydrogen-bond donors (Lipinski definition) is 2. The summed E-state index contributed by atoms with van der Waals surface area (Å²) in [5, 5.41) is 13.9. The highest BCUT2D eigenvalue weighted by atomic mass is 79.9. The number of aliphatic hydroxyl groups is 1. The van der Waals surface area contributed by atoms with Gasteiger partial charge in [-0.15, -0.1) is 0 Å².